The Bertz CT molecular complexity index is 1320. The molecule has 0 bridgehead atoms. The normalized spacial score (nSPS) is 22.7. The molecule has 1 aliphatic rings. The first-order valence-electron chi connectivity index (χ1n) is 11.8. The lowest BCUT2D eigenvalue weighted by atomic mass is 10.1. The number of hydrogen-bond acceptors (Lipinski definition) is 7. The summed E-state index contributed by atoms with van der Waals surface area (Å²) < 4.78 is 45.8. The second kappa shape index (κ2) is 11.0. The molecule has 8 heteroatoms. The molecule has 34 heavy (non-hydrogen) atoms. The van der Waals surface area contributed by atoms with Gasteiger partial charge in [-0.25, -0.2) is 14.4 Å². The Morgan fingerprint density at radius 2 is 1.21 bits per heavy atom. The van der Waals surface area contributed by atoms with Crippen molar-refractivity contribution in [3.8, 4) is 0 Å². The molecule has 1 aliphatic heterocycles. The van der Waals surface area contributed by atoms with E-state index in [4.69, 9.17) is 34.7 Å². The molecule has 0 aliphatic carbocycles. The standard InChI is InChI=1S/C26H21ClO7/c27-23-22(34-26(30)19-14-8-3-9-15-19)21(33-25(29)18-12-6-2-7-13-18)20(32-23)16-31-24(28)17-10-4-1-5-11-17/h1-15,20-23H,16H2/t20-,21-,22-,23?/m1/s1/i10D,12D,14D. The predicted molar refractivity (Wildman–Crippen MR) is 123 cm³/mol. The summed E-state index contributed by atoms with van der Waals surface area (Å²) in [6.45, 7) is -0.431. The highest BCUT2D eigenvalue weighted by molar-refractivity contribution is 6.20. The second-order valence-corrected chi connectivity index (χ2v) is 7.62. The third-order valence-corrected chi connectivity index (χ3v) is 5.26. The monoisotopic (exact) mass is 483 g/mol. The van der Waals surface area contributed by atoms with Crippen LogP contribution in [-0.2, 0) is 18.9 Å². The zero-order valence-corrected chi connectivity index (χ0v) is 18.4. The zero-order chi connectivity index (χ0) is 26.5. The van der Waals surface area contributed by atoms with Crippen LogP contribution in [0, 0.1) is 0 Å². The van der Waals surface area contributed by atoms with Gasteiger partial charge in [0.05, 0.1) is 20.8 Å². The van der Waals surface area contributed by atoms with Crippen LogP contribution in [0.3, 0.4) is 0 Å². The number of halogens is 1. The van der Waals surface area contributed by atoms with Crippen molar-refractivity contribution in [1.29, 1.82) is 0 Å². The minimum Gasteiger partial charge on any atom is -0.459 e. The van der Waals surface area contributed by atoms with Crippen LogP contribution < -0.4 is 0 Å². The van der Waals surface area contributed by atoms with Crippen molar-refractivity contribution < 1.29 is 37.4 Å². The lowest BCUT2D eigenvalue weighted by Gasteiger charge is -2.23. The van der Waals surface area contributed by atoms with Crippen LogP contribution in [0.5, 0.6) is 0 Å². The van der Waals surface area contributed by atoms with Crippen LogP contribution in [0.25, 0.3) is 0 Å². The molecule has 4 rings (SSSR count). The molecule has 1 unspecified atom stereocenters. The summed E-state index contributed by atoms with van der Waals surface area (Å²) >= 11 is 6.31. The highest BCUT2D eigenvalue weighted by Gasteiger charge is 2.49. The summed E-state index contributed by atoms with van der Waals surface area (Å²) in [5, 5.41) is 0. The molecule has 0 aromatic heterocycles. The maximum atomic E-state index is 12.9. The van der Waals surface area contributed by atoms with Crippen molar-refractivity contribution in [1.82, 2.24) is 0 Å². The molecule has 1 fully saturated rings. The Morgan fingerprint density at radius 3 is 1.71 bits per heavy atom. The van der Waals surface area contributed by atoms with Crippen molar-refractivity contribution in [2.24, 2.45) is 0 Å². The van der Waals surface area contributed by atoms with Crippen LogP contribution >= 0.6 is 11.6 Å². The van der Waals surface area contributed by atoms with E-state index in [1.807, 2.05) is 0 Å². The molecule has 0 N–H and O–H groups in total. The number of hydrogen-bond donors (Lipinski definition) is 0. The highest BCUT2D eigenvalue weighted by Crippen LogP contribution is 2.31. The Kier molecular flexibility index (Phi) is 6.37. The van der Waals surface area contributed by atoms with Gasteiger partial charge in [-0.3, -0.25) is 0 Å². The molecule has 0 amide bonds. The molecule has 7 nitrogen and oxygen atoms in total. The third-order valence-electron chi connectivity index (χ3n) is 4.91. The molecular formula is C26H21ClO7. The third kappa shape index (κ3) is 5.62. The first kappa shape index (κ1) is 19.8. The quantitative estimate of drug-likeness (QED) is 0.282. The minimum atomic E-state index is -1.32. The van der Waals surface area contributed by atoms with Crippen molar-refractivity contribution in [2.45, 2.75) is 23.9 Å². The summed E-state index contributed by atoms with van der Waals surface area (Å²) in [5.41, 5.74) is -1.33. The maximum absolute atomic E-state index is 12.9. The van der Waals surface area contributed by atoms with E-state index in [2.05, 4.69) is 0 Å². The SMILES string of the molecule is [2H]c1ccccc1C(=O)OC[C@H]1OC(Cl)[C@H](OC(=O)c2ccccc2[2H])[C@@H]1OC(=O)c1ccccc1[2H]. The number of rotatable bonds is 7. The first-order valence-corrected chi connectivity index (χ1v) is 10.8. The zero-order valence-electron chi connectivity index (χ0n) is 20.7. The lowest BCUT2D eigenvalue weighted by Crippen LogP contribution is -2.41. The van der Waals surface area contributed by atoms with Gasteiger partial charge in [0.2, 0.25) is 0 Å². The molecule has 1 saturated heterocycles. The van der Waals surface area contributed by atoms with Crippen molar-refractivity contribution in [2.75, 3.05) is 6.61 Å². The summed E-state index contributed by atoms with van der Waals surface area (Å²) in [6.07, 6.45) is -3.76. The fourth-order valence-electron chi connectivity index (χ4n) is 3.25. The van der Waals surface area contributed by atoms with E-state index in [0.717, 1.165) is 0 Å². The molecule has 4 atom stereocenters. The number of benzene rings is 3. The summed E-state index contributed by atoms with van der Waals surface area (Å²) in [7, 11) is 0. The van der Waals surface area contributed by atoms with Gasteiger partial charge in [-0.2, -0.15) is 0 Å². The van der Waals surface area contributed by atoms with Crippen molar-refractivity contribution in [3.05, 3.63) is 108 Å². The van der Waals surface area contributed by atoms with Gasteiger partial charge < -0.3 is 18.9 Å². The molecule has 3 aromatic carbocycles. The average Bonchev–Trinajstić information content (AvgIpc) is 3.16. The van der Waals surface area contributed by atoms with E-state index in [1.165, 1.54) is 36.4 Å². The Morgan fingerprint density at radius 1 is 0.735 bits per heavy atom. The molecular weight excluding hydrogens is 460 g/mol. The van der Waals surface area contributed by atoms with Gasteiger partial charge >= 0.3 is 17.9 Å². The van der Waals surface area contributed by atoms with E-state index in [0.29, 0.717) is 0 Å². The van der Waals surface area contributed by atoms with Crippen LogP contribution in [-0.4, -0.2) is 48.4 Å². The first-order chi connectivity index (χ1) is 17.8. The van der Waals surface area contributed by atoms with Gasteiger partial charge in [-0.05, 0) is 36.3 Å². The van der Waals surface area contributed by atoms with E-state index >= 15 is 0 Å². The molecule has 174 valence electrons. The van der Waals surface area contributed by atoms with E-state index in [-0.39, 0.29) is 34.8 Å². The van der Waals surface area contributed by atoms with Gasteiger partial charge in [-0.15, -0.1) is 0 Å². The fraction of sp³-hybridized carbons (Fsp3) is 0.192. The summed E-state index contributed by atoms with van der Waals surface area (Å²) in [6, 6.07) is 17.8. The number of carbonyl (C=O) groups is 3. The highest BCUT2D eigenvalue weighted by atomic mass is 35.5. The van der Waals surface area contributed by atoms with Crippen LogP contribution in [0.15, 0.2) is 90.9 Å². The molecule has 0 spiro atoms. The Hall–Kier alpha value is -3.68. The average molecular weight is 484 g/mol. The maximum Gasteiger partial charge on any atom is 0.338 e. The lowest BCUT2D eigenvalue weighted by molar-refractivity contribution is -0.0435. The predicted octanol–water partition coefficient (Wildman–Crippen LogP) is 4.26. The molecule has 0 saturated carbocycles. The van der Waals surface area contributed by atoms with Crippen LogP contribution in [0.4, 0.5) is 0 Å². The van der Waals surface area contributed by atoms with E-state index < -0.39 is 48.4 Å². The van der Waals surface area contributed by atoms with Crippen molar-refractivity contribution in [3.63, 3.8) is 0 Å². The molecule has 3 aromatic rings. The van der Waals surface area contributed by atoms with Gasteiger partial charge in [0.25, 0.3) is 0 Å². The van der Waals surface area contributed by atoms with Gasteiger partial charge in [0.15, 0.2) is 17.8 Å². The Labute approximate surface area is 205 Å². The fourth-order valence-corrected chi connectivity index (χ4v) is 3.58. The van der Waals surface area contributed by atoms with Gasteiger partial charge in [-0.1, -0.05) is 66.2 Å². The number of carbonyl (C=O) groups excluding carboxylic acids is 3. The molecule has 0 radical (unpaired) electrons. The topological polar surface area (TPSA) is 88.1 Å². The number of ether oxygens (including phenoxy) is 4. The minimum absolute atomic E-state index is 0.0228. The van der Waals surface area contributed by atoms with Gasteiger partial charge in [0, 0.05) is 0 Å². The summed E-state index contributed by atoms with van der Waals surface area (Å²) in [4.78, 5) is 38.2. The smallest absolute Gasteiger partial charge is 0.338 e. The Balaban J connectivity index is 1.56. The van der Waals surface area contributed by atoms with Crippen molar-refractivity contribution >= 4 is 29.5 Å². The summed E-state index contributed by atoms with van der Waals surface area (Å²) in [5.74, 6) is -2.57. The largest absolute Gasteiger partial charge is 0.459 e. The van der Waals surface area contributed by atoms with E-state index in [9.17, 15) is 14.4 Å². The number of alkyl halides is 1. The molecule has 1 heterocycles. The van der Waals surface area contributed by atoms with Crippen LogP contribution in [0.2, 0.25) is 0 Å². The van der Waals surface area contributed by atoms with E-state index in [1.54, 1.807) is 36.4 Å². The second-order valence-electron chi connectivity index (χ2n) is 7.19. The van der Waals surface area contributed by atoms with Gasteiger partial charge in [0.1, 0.15) is 12.7 Å². The number of esters is 3. The van der Waals surface area contributed by atoms with Crippen LogP contribution in [0.1, 0.15) is 35.2 Å².